The van der Waals surface area contributed by atoms with Gasteiger partial charge in [0.2, 0.25) is 5.91 Å². The van der Waals surface area contributed by atoms with Gasteiger partial charge in [0.1, 0.15) is 6.04 Å². The molecule has 2 aromatic carbocycles. The van der Waals surface area contributed by atoms with Crippen molar-refractivity contribution in [2.75, 3.05) is 11.9 Å². The van der Waals surface area contributed by atoms with Crippen LogP contribution in [0.1, 0.15) is 31.1 Å². The smallest absolute Gasteiger partial charge is 0.387 e. The summed E-state index contributed by atoms with van der Waals surface area (Å²) in [6, 6.07) is 12.8. The highest BCUT2D eigenvalue weighted by Crippen LogP contribution is 2.30. The van der Waals surface area contributed by atoms with E-state index in [4.69, 9.17) is 0 Å². The third-order valence-corrected chi connectivity index (χ3v) is 4.14. The Balaban J connectivity index is 1.98. The summed E-state index contributed by atoms with van der Waals surface area (Å²) in [5.74, 6) is -0.443. The number of benzene rings is 2. The third-order valence-electron chi connectivity index (χ3n) is 4.14. The molecule has 7 heteroatoms. The molecule has 4 nitrogen and oxygen atoms in total. The number of halogens is 3. The van der Waals surface area contributed by atoms with Gasteiger partial charge in [-0.25, -0.2) is 0 Å². The molecule has 0 saturated heterocycles. The van der Waals surface area contributed by atoms with Crippen molar-refractivity contribution in [3.8, 4) is 0 Å². The average Bonchev–Trinajstić information content (AvgIpc) is 2.64. The fourth-order valence-corrected chi connectivity index (χ4v) is 2.57. The molecule has 2 rings (SSSR count). The molecule has 0 radical (unpaired) electrons. The standard InChI is InChI=1S/C20H23F3N2O2/c1-13(2)18(25-16-10-8-15(9-11-16)20(21,22)23)19(27)24-12-17(26)14-6-4-3-5-7-14/h3-11,13,17-18,25-26H,12H2,1-2H3,(H,24,27)/t17?,18-/m1/s1. The molecule has 0 aromatic heterocycles. The summed E-state index contributed by atoms with van der Waals surface area (Å²) in [5, 5.41) is 15.8. The Hall–Kier alpha value is -2.54. The van der Waals surface area contributed by atoms with Crippen molar-refractivity contribution in [1.82, 2.24) is 5.32 Å². The molecule has 0 aliphatic carbocycles. The number of hydrogen-bond acceptors (Lipinski definition) is 3. The van der Waals surface area contributed by atoms with E-state index in [2.05, 4.69) is 10.6 Å². The van der Waals surface area contributed by atoms with Crippen LogP contribution in [0.2, 0.25) is 0 Å². The maximum atomic E-state index is 12.6. The van der Waals surface area contributed by atoms with E-state index >= 15 is 0 Å². The summed E-state index contributed by atoms with van der Waals surface area (Å²) in [6.45, 7) is 3.70. The lowest BCUT2D eigenvalue weighted by Gasteiger charge is -2.24. The second kappa shape index (κ2) is 8.90. The van der Waals surface area contributed by atoms with Crippen LogP contribution < -0.4 is 10.6 Å². The van der Waals surface area contributed by atoms with Crippen LogP contribution in [0.15, 0.2) is 54.6 Å². The van der Waals surface area contributed by atoms with Gasteiger partial charge in [-0.15, -0.1) is 0 Å². The lowest BCUT2D eigenvalue weighted by atomic mass is 10.0. The van der Waals surface area contributed by atoms with Crippen LogP contribution in [-0.4, -0.2) is 23.6 Å². The molecule has 1 unspecified atom stereocenters. The van der Waals surface area contributed by atoms with Gasteiger partial charge in [-0.1, -0.05) is 44.2 Å². The number of hydrogen-bond donors (Lipinski definition) is 3. The predicted molar refractivity (Wildman–Crippen MR) is 98.1 cm³/mol. The molecule has 3 N–H and O–H groups in total. The Bertz CT molecular complexity index is 731. The van der Waals surface area contributed by atoms with E-state index in [-0.39, 0.29) is 18.4 Å². The number of rotatable bonds is 7. The molecule has 146 valence electrons. The summed E-state index contributed by atoms with van der Waals surface area (Å²) >= 11 is 0. The number of carbonyl (C=O) groups is 1. The molecule has 0 heterocycles. The minimum Gasteiger partial charge on any atom is -0.387 e. The first-order chi connectivity index (χ1) is 12.7. The van der Waals surface area contributed by atoms with Gasteiger partial charge in [0, 0.05) is 12.2 Å². The van der Waals surface area contributed by atoms with Crippen molar-refractivity contribution < 1.29 is 23.1 Å². The minimum atomic E-state index is -4.40. The zero-order chi connectivity index (χ0) is 20.0. The number of carbonyl (C=O) groups excluding carboxylic acids is 1. The average molecular weight is 380 g/mol. The van der Waals surface area contributed by atoms with Crippen LogP contribution in [0.4, 0.5) is 18.9 Å². The van der Waals surface area contributed by atoms with E-state index < -0.39 is 23.9 Å². The Kier molecular flexibility index (Phi) is 6.85. The first-order valence-electron chi connectivity index (χ1n) is 8.63. The van der Waals surface area contributed by atoms with Gasteiger partial charge < -0.3 is 15.7 Å². The number of aliphatic hydroxyl groups is 1. The van der Waals surface area contributed by atoms with Crippen molar-refractivity contribution in [2.45, 2.75) is 32.2 Å². The molecule has 0 aliphatic heterocycles. The third kappa shape index (κ3) is 5.99. The Morgan fingerprint density at radius 1 is 1.04 bits per heavy atom. The van der Waals surface area contributed by atoms with Crippen LogP contribution in [-0.2, 0) is 11.0 Å². The zero-order valence-corrected chi connectivity index (χ0v) is 15.1. The zero-order valence-electron chi connectivity index (χ0n) is 15.1. The Morgan fingerprint density at radius 2 is 1.63 bits per heavy atom. The maximum absolute atomic E-state index is 12.6. The number of aliphatic hydroxyl groups excluding tert-OH is 1. The van der Waals surface area contributed by atoms with E-state index in [1.54, 1.807) is 24.3 Å². The highest BCUT2D eigenvalue weighted by Gasteiger charge is 2.30. The molecule has 0 spiro atoms. The first kappa shape index (κ1) is 20.8. The van der Waals surface area contributed by atoms with Gasteiger partial charge in [-0.3, -0.25) is 4.79 Å². The van der Waals surface area contributed by atoms with Crippen molar-refractivity contribution in [3.63, 3.8) is 0 Å². The summed E-state index contributed by atoms with van der Waals surface area (Å²) in [4.78, 5) is 12.5. The number of nitrogens with one attached hydrogen (secondary N) is 2. The molecule has 1 amide bonds. The van der Waals surface area contributed by atoms with Crippen LogP contribution >= 0.6 is 0 Å². The van der Waals surface area contributed by atoms with Crippen LogP contribution in [0.5, 0.6) is 0 Å². The maximum Gasteiger partial charge on any atom is 0.416 e. The van der Waals surface area contributed by atoms with Crippen LogP contribution in [0.3, 0.4) is 0 Å². The molecule has 0 bridgehead atoms. The second-order valence-corrected chi connectivity index (χ2v) is 6.61. The fraction of sp³-hybridized carbons (Fsp3) is 0.350. The Morgan fingerprint density at radius 3 is 2.15 bits per heavy atom. The van der Waals surface area contributed by atoms with Gasteiger partial charge in [0.15, 0.2) is 0 Å². The SMILES string of the molecule is CC(C)[C@@H](Nc1ccc(C(F)(F)F)cc1)C(=O)NCC(O)c1ccccc1. The molecular formula is C20H23F3N2O2. The molecule has 2 atom stereocenters. The fourth-order valence-electron chi connectivity index (χ4n) is 2.57. The lowest BCUT2D eigenvalue weighted by Crippen LogP contribution is -2.44. The first-order valence-corrected chi connectivity index (χ1v) is 8.63. The number of anilines is 1. The summed E-state index contributed by atoms with van der Waals surface area (Å²) in [6.07, 6.45) is -5.24. The summed E-state index contributed by atoms with van der Waals surface area (Å²) in [5.41, 5.74) is 0.361. The topological polar surface area (TPSA) is 61.4 Å². The van der Waals surface area contributed by atoms with Gasteiger partial charge in [0.05, 0.1) is 11.7 Å². The van der Waals surface area contributed by atoms with E-state index in [0.29, 0.717) is 11.3 Å². The van der Waals surface area contributed by atoms with Crippen molar-refractivity contribution in [1.29, 1.82) is 0 Å². The molecule has 0 aliphatic rings. The normalized spacial score (nSPS) is 13.9. The van der Waals surface area contributed by atoms with E-state index in [1.165, 1.54) is 12.1 Å². The predicted octanol–water partition coefficient (Wildman–Crippen LogP) is 3.99. The molecule has 0 fully saturated rings. The van der Waals surface area contributed by atoms with Crippen LogP contribution in [0, 0.1) is 5.92 Å². The summed E-state index contributed by atoms with van der Waals surface area (Å²) in [7, 11) is 0. The van der Waals surface area contributed by atoms with Crippen molar-refractivity contribution in [2.24, 2.45) is 5.92 Å². The van der Waals surface area contributed by atoms with E-state index in [1.807, 2.05) is 19.9 Å². The lowest BCUT2D eigenvalue weighted by molar-refractivity contribution is -0.137. The molecular weight excluding hydrogens is 357 g/mol. The largest absolute Gasteiger partial charge is 0.416 e. The van der Waals surface area contributed by atoms with Crippen molar-refractivity contribution >= 4 is 11.6 Å². The molecule has 0 saturated carbocycles. The minimum absolute atomic E-state index is 0.0424. The monoisotopic (exact) mass is 380 g/mol. The van der Waals surface area contributed by atoms with Crippen molar-refractivity contribution in [3.05, 3.63) is 65.7 Å². The molecule has 2 aromatic rings. The van der Waals surface area contributed by atoms with E-state index in [0.717, 1.165) is 12.1 Å². The number of alkyl halides is 3. The van der Waals surface area contributed by atoms with Crippen LogP contribution in [0.25, 0.3) is 0 Å². The van der Waals surface area contributed by atoms with Gasteiger partial charge in [0.25, 0.3) is 0 Å². The molecule has 27 heavy (non-hydrogen) atoms. The highest BCUT2D eigenvalue weighted by molar-refractivity contribution is 5.85. The van der Waals surface area contributed by atoms with Gasteiger partial charge >= 0.3 is 6.18 Å². The number of amides is 1. The Labute approximate surface area is 156 Å². The highest BCUT2D eigenvalue weighted by atomic mass is 19.4. The van der Waals surface area contributed by atoms with Gasteiger partial charge in [-0.05, 0) is 35.7 Å². The quantitative estimate of drug-likeness (QED) is 0.681. The summed E-state index contributed by atoms with van der Waals surface area (Å²) < 4.78 is 37.9. The van der Waals surface area contributed by atoms with Gasteiger partial charge in [-0.2, -0.15) is 13.2 Å². The second-order valence-electron chi connectivity index (χ2n) is 6.61. The van der Waals surface area contributed by atoms with E-state index in [9.17, 15) is 23.1 Å².